The predicted molar refractivity (Wildman–Crippen MR) is 110 cm³/mol. The van der Waals surface area contributed by atoms with Crippen molar-refractivity contribution in [2.45, 2.75) is 6.92 Å². The zero-order chi connectivity index (χ0) is 18.0. The third-order valence-electron chi connectivity index (χ3n) is 3.44. The van der Waals surface area contributed by atoms with Gasteiger partial charge >= 0.3 is 0 Å². The van der Waals surface area contributed by atoms with E-state index in [9.17, 15) is 4.79 Å². The minimum Gasteiger partial charge on any atom is -0.494 e. The Bertz CT molecular complexity index is 866. The molecule has 1 saturated heterocycles. The van der Waals surface area contributed by atoms with E-state index in [1.807, 2.05) is 37.3 Å². The lowest BCUT2D eigenvalue weighted by Gasteiger charge is -2.15. The molecule has 0 aliphatic carbocycles. The summed E-state index contributed by atoms with van der Waals surface area (Å²) in [6.07, 6.45) is 1.81. The number of carbonyl (C=O) groups excluding carboxylic acids is 1. The SMILES string of the molecule is CCOc1ccc(/C=C2\SC(=S)N(c3ccc(Cl)c(Cl)c3)C2=O)cc1. The number of thioether (sulfide) groups is 1. The number of ether oxygens (including phenoxy) is 1. The molecule has 0 atom stereocenters. The zero-order valence-electron chi connectivity index (χ0n) is 13.2. The Kier molecular flexibility index (Phi) is 5.69. The molecule has 1 heterocycles. The molecule has 2 aromatic carbocycles. The van der Waals surface area contributed by atoms with Gasteiger partial charge in [-0.15, -0.1) is 0 Å². The molecule has 0 bridgehead atoms. The summed E-state index contributed by atoms with van der Waals surface area (Å²) in [6, 6.07) is 12.5. The largest absolute Gasteiger partial charge is 0.494 e. The van der Waals surface area contributed by atoms with Crippen molar-refractivity contribution in [2.75, 3.05) is 11.5 Å². The van der Waals surface area contributed by atoms with Crippen LogP contribution < -0.4 is 9.64 Å². The molecule has 0 unspecified atom stereocenters. The molecule has 1 amide bonds. The first-order chi connectivity index (χ1) is 12.0. The fourth-order valence-corrected chi connectivity index (χ4v) is 3.88. The number of carbonyl (C=O) groups is 1. The normalized spacial score (nSPS) is 16.0. The third kappa shape index (κ3) is 4.01. The van der Waals surface area contributed by atoms with Crippen LogP contribution >= 0.6 is 47.2 Å². The van der Waals surface area contributed by atoms with Crippen molar-refractivity contribution in [3.05, 3.63) is 63.0 Å². The van der Waals surface area contributed by atoms with E-state index >= 15 is 0 Å². The summed E-state index contributed by atoms with van der Waals surface area (Å²) in [5.41, 5.74) is 1.50. The van der Waals surface area contributed by atoms with Crippen LogP contribution in [0.3, 0.4) is 0 Å². The lowest BCUT2D eigenvalue weighted by molar-refractivity contribution is -0.113. The number of hydrogen-bond donors (Lipinski definition) is 0. The minimum atomic E-state index is -0.178. The first-order valence-electron chi connectivity index (χ1n) is 7.45. The fraction of sp³-hybridized carbons (Fsp3) is 0.111. The van der Waals surface area contributed by atoms with E-state index in [0.29, 0.717) is 31.6 Å². The number of amides is 1. The molecule has 0 spiro atoms. The number of nitrogens with zero attached hydrogens (tertiary/aromatic N) is 1. The molecule has 0 saturated carbocycles. The van der Waals surface area contributed by atoms with Crippen LogP contribution in [-0.4, -0.2) is 16.8 Å². The van der Waals surface area contributed by atoms with E-state index in [4.69, 9.17) is 40.2 Å². The summed E-state index contributed by atoms with van der Waals surface area (Å²) in [6.45, 7) is 2.55. The Morgan fingerprint density at radius 1 is 1.16 bits per heavy atom. The molecular weight excluding hydrogens is 397 g/mol. The highest BCUT2D eigenvalue weighted by Gasteiger charge is 2.33. The molecule has 25 heavy (non-hydrogen) atoms. The van der Waals surface area contributed by atoms with Crippen molar-refractivity contribution >= 4 is 69.2 Å². The smallest absolute Gasteiger partial charge is 0.270 e. The molecule has 1 fully saturated rings. The molecule has 7 heteroatoms. The standard InChI is InChI=1S/C18H13Cl2NO2S2/c1-2-23-13-6-3-11(4-7-13)9-16-17(22)21(18(24)25-16)12-5-8-14(19)15(20)10-12/h3-10H,2H2,1H3/b16-9-. The fourth-order valence-electron chi connectivity index (χ4n) is 2.29. The van der Waals surface area contributed by atoms with Crippen molar-refractivity contribution in [2.24, 2.45) is 0 Å². The molecule has 1 aliphatic heterocycles. The zero-order valence-corrected chi connectivity index (χ0v) is 16.3. The highest BCUT2D eigenvalue weighted by atomic mass is 35.5. The van der Waals surface area contributed by atoms with Gasteiger partial charge in [0.15, 0.2) is 4.32 Å². The van der Waals surface area contributed by atoms with Crippen molar-refractivity contribution in [1.29, 1.82) is 0 Å². The van der Waals surface area contributed by atoms with Crippen molar-refractivity contribution in [1.82, 2.24) is 0 Å². The quantitative estimate of drug-likeness (QED) is 0.471. The van der Waals surface area contributed by atoms with Gasteiger partial charge in [0.05, 0.1) is 27.2 Å². The van der Waals surface area contributed by atoms with Crippen molar-refractivity contribution < 1.29 is 9.53 Å². The Morgan fingerprint density at radius 3 is 2.52 bits per heavy atom. The van der Waals surface area contributed by atoms with Crippen LogP contribution in [-0.2, 0) is 4.79 Å². The Labute approximate surface area is 165 Å². The summed E-state index contributed by atoms with van der Waals surface area (Å²) < 4.78 is 5.88. The summed E-state index contributed by atoms with van der Waals surface area (Å²) in [5, 5.41) is 0.810. The van der Waals surface area contributed by atoms with Crippen LogP contribution in [0.2, 0.25) is 10.0 Å². The van der Waals surface area contributed by atoms with Gasteiger partial charge in [0.25, 0.3) is 5.91 Å². The second-order valence-corrected chi connectivity index (χ2v) is 7.61. The number of benzene rings is 2. The van der Waals surface area contributed by atoms with E-state index in [1.54, 1.807) is 18.2 Å². The average molecular weight is 410 g/mol. The molecule has 3 nitrogen and oxygen atoms in total. The Balaban J connectivity index is 1.86. The molecule has 1 aliphatic rings. The lowest BCUT2D eigenvalue weighted by Crippen LogP contribution is -2.27. The summed E-state index contributed by atoms with van der Waals surface area (Å²) in [5.74, 6) is 0.616. The maximum atomic E-state index is 12.7. The van der Waals surface area contributed by atoms with Crippen molar-refractivity contribution in [3.63, 3.8) is 0 Å². The molecule has 0 N–H and O–H groups in total. The second-order valence-electron chi connectivity index (χ2n) is 5.12. The van der Waals surface area contributed by atoms with E-state index in [1.165, 1.54) is 16.7 Å². The van der Waals surface area contributed by atoms with Gasteiger partial charge in [-0.3, -0.25) is 9.69 Å². The monoisotopic (exact) mass is 409 g/mol. The van der Waals surface area contributed by atoms with E-state index in [2.05, 4.69) is 0 Å². The van der Waals surface area contributed by atoms with Gasteiger partial charge in [0.2, 0.25) is 0 Å². The number of halogens is 2. The summed E-state index contributed by atoms with van der Waals surface area (Å²) in [7, 11) is 0. The predicted octanol–water partition coefficient (Wildman–Crippen LogP) is 5.80. The Hall–Kier alpha value is -1.53. The van der Waals surface area contributed by atoms with Gasteiger partial charge in [0.1, 0.15) is 5.75 Å². The van der Waals surface area contributed by atoms with Crippen LogP contribution in [0.1, 0.15) is 12.5 Å². The van der Waals surface area contributed by atoms with Gasteiger partial charge in [0, 0.05) is 0 Å². The number of hydrogen-bond acceptors (Lipinski definition) is 4. The third-order valence-corrected chi connectivity index (χ3v) is 5.49. The van der Waals surface area contributed by atoms with Crippen LogP contribution in [0.4, 0.5) is 5.69 Å². The minimum absolute atomic E-state index is 0.178. The van der Waals surface area contributed by atoms with Crippen LogP contribution in [0.25, 0.3) is 6.08 Å². The van der Waals surface area contributed by atoms with Gasteiger partial charge < -0.3 is 4.74 Å². The number of anilines is 1. The molecule has 0 aromatic heterocycles. The second kappa shape index (κ2) is 7.79. The highest BCUT2D eigenvalue weighted by molar-refractivity contribution is 8.27. The van der Waals surface area contributed by atoms with Crippen LogP contribution in [0.15, 0.2) is 47.4 Å². The highest BCUT2D eigenvalue weighted by Crippen LogP contribution is 2.38. The topological polar surface area (TPSA) is 29.5 Å². The number of thiocarbonyl (C=S) groups is 1. The van der Waals surface area contributed by atoms with Gasteiger partial charge in [-0.25, -0.2) is 0 Å². The maximum Gasteiger partial charge on any atom is 0.270 e. The first-order valence-corrected chi connectivity index (χ1v) is 9.43. The lowest BCUT2D eigenvalue weighted by atomic mass is 10.2. The molecular formula is C18H13Cl2NO2S2. The molecule has 2 aromatic rings. The van der Waals surface area contributed by atoms with Crippen LogP contribution in [0.5, 0.6) is 5.75 Å². The summed E-state index contributed by atoms with van der Waals surface area (Å²) in [4.78, 5) is 14.8. The Morgan fingerprint density at radius 2 is 1.88 bits per heavy atom. The molecule has 128 valence electrons. The maximum absolute atomic E-state index is 12.7. The van der Waals surface area contributed by atoms with E-state index in [0.717, 1.165) is 11.3 Å². The van der Waals surface area contributed by atoms with Gasteiger partial charge in [-0.1, -0.05) is 59.3 Å². The van der Waals surface area contributed by atoms with Crippen LogP contribution in [0, 0.1) is 0 Å². The summed E-state index contributed by atoms with van der Waals surface area (Å²) >= 11 is 18.6. The first kappa shape index (κ1) is 18.3. The van der Waals surface area contributed by atoms with Gasteiger partial charge in [-0.2, -0.15) is 0 Å². The van der Waals surface area contributed by atoms with Gasteiger partial charge in [-0.05, 0) is 48.9 Å². The van der Waals surface area contributed by atoms with E-state index < -0.39 is 0 Å². The van der Waals surface area contributed by atoms with Crippen molar-refractivity contribution in [3.8, 4) is 5.75 Å². The average Bonchev–Trinajstić information content (AvgIpc) is 2.86. The number of rotatable bonds is 4. The van der Waals surface area contributed by atoms with E-state index in [-0.39, 0.29) is 5.91 Å². The molecule has 0 radical (unpaired) electrons. The molecule has 3 rings (SSSR count).